The van der Waals surface area contributed by atoms with E-state index in [2.05, 4.69) is 0 Å². The number of benzene rings is 1. The fraction of sp³-hybridized carbons (Fsp3) is 0.429. The molecule has 1 fully saturated rings. The lowest BCUT2D eigenvalue weighted by atomic mass is 10.1. The van der Waals surface area contributed by atoms with E-state index in [0.29, 0.717) is 18.7 Å². The molecular formula is C21H26N2O3. The molecule has 138 valence electrons. The molecule has 1 heterocycles. The van der Waals surface area contributed by atoms with Crippen molar-refractivity contribution >= 4 is 11.9 Å². The summed E-state index contributed by atoms with van der Waals surface area (Å²) >= 11 is 0. The van der Waals surface area contributed by atoms with Crippen molar-refractivity contribution in [1.29, 1.82) is 0 Å². The van der Waals surface area contributed by atoms with E-state index in [0.717, 1.165) is 31.4 Å². The van der Waals surface area contributed by atoms with Gasteiger partial charge in [0, 0.05) is 36.2 Å². The third-order valence-corrected chi connectivity index (χ3v) is 4.91. The molecule has 1 saturated carbocycles. The third-order valence-electron chi connectivity index (χ3n) is 4.91. The zero-order valence-corrected chi connectivity index (χ0v) is 15.3. The average molecular weight is 354 g/mol. The highest BCUT2D eigenvalue weighted by molar-refractivity contribution is 5.94. The van der Waals surface area contributed by atoms with Crippen molar-refractivity contribution in [2.24, 2.45) is 0 Å². The molecule has 26 heavy (non-hydrogen) atoms. The fourth-order valence-electron chi connectivity index (χ4n) is 3.56. The number of aromatic nitrogens is 1. The van der Waals surface area contributed by atoms with Gasteiger partial charge in [-0.2, -0.15) is 0 Å². The molecule has 0 spiro atoms. The number of nitrogens with zero attached hydrogens (tertiary/aromatic N) is 2. The number of hydrogen-bond donors (Lipinski definition) is 0. The molecular weight excluding hydrogens is 328 g/mol. The van der Waals surface area contributed by atoms with Gasteiger partial charge in [0.25, 0.3) is 5.91 Å². The number of carbonyl (C=O) groups excluding carboxylic acids is 2. The number of hydrogen-bond acceptors (Lipinski definition) is 3. The summed E-state index contributed by atoms with van der Waals surface area (Å²) in [4.78, 5) is 26.7. The number of carbonyl (C=O) groups is 2. The van der Waals surface area contributed by atoms with Crippen molar-refractivity contribution in [2.45, 2.75) is 45.1 Å². The summed E-state index contributed by atoms with van der Waals surface area (Å²) in [7, 11) is 0. The molecule has 1 aliphatic carbocycles. The Morgan fingerprint density at radius 1 is 1.12 bits per heavy atom. The van der Waals surface area contributed by atoms with Crippen LogP contribution >= 0.6 is 0 Å². The zero-order valence-electron chi connectivity index (χ0n) is 15.3. The number of rotatable bonds is 7. The van der Waals surface area contributed by atoms with Crippen molar-refractivity contribution in [3.8, 4) is 5.69 Å². The first-order valence-electron chi connectivity index (χ1n) is 9.39. The quantitative estimate of drug-likeness (QED) is 0.711. The fourth-order valence-corrected chi connectivity index (χ4v) is 3.56. The first-order valence-corrected chi connectivity index (χ1v) is 9.39. The average Bonchev–Trinajstić information content (AvgIpc) is 3.36. The molecule has 0 aliphatic heterocycles. The van der Waals surface area contributed by atoms with E-state index in [4.69, 9.17) is 4.74 Å². The lowest BCUT2D eigenvalue weighted by Gasteiger charge is -2.29. The lowest BCUT2D eigenvalue weighted by molar-refractivity contribution is -0.143. The molecule has 1 aromatic heterocycles. The number of amides is 1. The van der Waals surface area contributed by atoms with Crippen LogP contribution in [0.3, 0.4) is 0 Å². The van der Waals surface area contributed by atoms with Crippen LogP contribution in [0.4, 0.5) is 0 Å². The number of ether oxygens (including phenoxy) is 1. The highest BCUT2D eigenvalue weighted by Crippen LogP contribution is 2.25. The van der Waals surface area contributed by atoms with Gasteiger partial charge in [-0.1, -0.05) is 12.8 Å². The molecule has 2 aromatic rings. The second-order valence-electron chi connectivity index (χ2n) is 6.63. The smallest absolute Gasteiger partial charge is 0.307 e. The van der Waals surface area contributed by atoms with Gasteiger partial charge in [-0.05, 0) is 56.2 Å². The van der Waals surface area contributed by atoms with Gasteiger partial charge in [0.1, 0.15) is 0 Å². The minimum atomic E-state index is -0.244. The first kappa shape index (κ1) is 18.2. The topological polar surface area (TPSA) is 51.5 Å². The summed E-state index contributed by atoms with van der Waals surface area (Å²) in [6, 6.07) is 11.8. The molecule has 0 unspecified atom stereocenters. The van der Waals surface area contributed by atoms with Crippen LogP contribution in [0.5, 0.6) is 0 Å². The Bertz CT molecular complexity index is 716. The van der Waals surface area contributed by atoms with Gasteiger partial charge < -0.3 is 14.2 Å². The summed E-state index contributed by atoms with van der Waals surface area (Å²) < 4.78 is 7.02. The maximum atomic E-state index is 13.1. The molecule has 5 nitrogen and oxygen atoms in total. The monoisotopic (exact) mass is 354 g/mol. The molecule has 5 heteroatoms. The Morgan fingerprint density at radius 3 is 2.38 bits per heavy atom. The van der Waals surface area contributed by atoms with Gasteiger partial charge in [0.2, 0.25) is 0 Å². The van der Waals surface area contributed by atoms with E-state index in [9.17, 15) is 9.59 Å². The third kappa shape index (κ3) is 4.34. The van der Waals surface area contributed by atoms with Crippen LogP contribution in [0, 0.1) is 0 Å². The van der Waals surface area contributed by atoms with Gasteiger partial charge in [0.05, 0.1) is 13.0 Å². The summed E-state index contributed by atoms with van der Waals surface area (Å²) in [5.74, 6) is -0.244. The van der Waals surface area contributed by atoms with E-state index >= 15 is 0 Å². The van der Waals surface area contributed by atoms with Crippen molar-refractivity contribution in [1.82, 2.24) is 9.47 Å². The Balaban J connectivity index is 1.72. The normalized spacial score (nSPS) is 14.3. The van der Waals surface area contributed by atoms with E-state index in [1.807, 2.05) is 58.3 Å². The molecule has 3 rings (SSSR count). The maximum absolute atomic E-state index is 13.1. The van der Waals surface area contributed by atoms with E-state index in [-0.39, 0.29) is 24.3 Å². The molecule has 0 bridgehead atoms. The molecule has 1 amide bonds. The van der Waals surface area contributed by atoms with Crippen molar-refractivity contribution in [2.75, 3.05) is 13.2 Å². The van der Waals surface area contributed by atoms with E-state index in [1.165, 1.54) is 0 Å². The highest BCUT2D eigenvalue weighted by atomic mass is 16.5. The summed E-state index contributed by atoms with van der Waals surface area (Å²) in [6.45, 7) is 2.59. The molecule has 0 atom stereocenters. The van der Waals surface area contributed by atoms with Crippen LogP contribution in [-0.2, 0) is 9.53 Å². The standard InChI is InChI=1S/C21H26N2O3/c1-2-26-20(24)13-16-23(19-7-3-4-8-19)21(25)17-9-11-18(12-10-17)22-14-5-6-15-22/h5-6,9-12,14-15,19H,2-4,7-8,13,16H2,1H3. The predicted molar refractivity (Wildman–Crippen MR) is 100 cm³/mol. The Kier molecular flexibility index (Phi) is 6.10. The van der Waals surface area contributed by atoms with Crippen molar-refractivity contribution in [3.63, 3.8) is 0 Å². The first-order chi connectivity index (χ1) is 12.7. The maximum Gasteiger partial charge on any atom is 0.307 e. The largest absolute Gasteiger partial charge is 0.466 e. The minimum Gasteiger partial charge on any atom is -0.466 e. The molecule has 0 N–H and O–H groups in total. The zero-order chi connectivity index (χ0) is 18.4. The van der Waals surface area contributed by atoms with Gasteiger partial charge in [-0.3, -0.25) is 9.59 Å². The number of esters is 1. The van der Waals surface area contributed by atoms with E-state index < -0.39 is 0 Å². The van der Waals surface area contributed by atoms with Crippen LogP contribution in [-0.4, -0.2) is 40.5 Å². The Hall–Kier alpha value is -2.56. The lowest BCUT2D eigenvalue weighted by Crippen LogP contribution is -2.40. The molecule has 1 aromatic carbocycles. The summed E-state index contributed by atoms with van der Waals surface area (Å²) in [5, 5.41) is 0. The van der Waals surface area contributed by atoms with Crippen molar-refractivity contribution in [3.05, 3.63) is 54.4 Å². The van der Waals surface area contributed by atoms with Crippen LogP contribution in [0.25, 0.3) is 5.69 Å². The minimum absolute atomic E-state index is 0.000236. The van der Waals surface area contributed by atoms with Crippen LogP contribution in [0.1, 0.15) is 49.4 Å². The second kappa shape index (κ2) is 8.70. The molecule has 1 aliphatic rings. The summed E-state index contributed by atoms with van der Waals surface area (Å²) in [6.07, 6.45) is 8.49. The Morgan fingerprint density at radius 2 is 1.77 bits per heavy atom. The van der Waals surface area contributed by atoms with Crippen LogP contribution < -0.4 is 0 Å². The van der Waals surface area contributed by atoms with E-state index in [1.54, 1.807) is 6.92 Å². The van der Waals surface area contributed by atoms with Crippen LogP contribution in [0.2, 0.25) is 0 Å². The molecule has 0 radical (unpaired) electrons. The SMILES string of the molecule is CCOC(=O)CCN(C(=O)c1ccc(-n2cccc2)cc1)C1CCCC1. The molecule has 0 saturated heterocycles. The summed E-state index contributed by atoms with van der Waals surface area (Å²) in [5.41, 5.74) is 1.68. The highest BCUT2D eigenvalue weighted by Gasteiger charge is 2.27. The van der Waals surface area contributed by atoms with Crippen LogP contribution in [0.15, 0.2) is 48.8 Å². The van der Waals surface area contributed by atoms with Gasteiger partial charge in [0.15, 0.2) is 0 Å². The second-order valence-corrected chi connectivity index (χ2v) is 6.63. The van der Waals surface area contributed by atoms with Crippen molar-refractivity contribution < 1.29 is 14.3 Å². The van der Waals surface area contributed by atoms with Gasteiger partial charge in [-0.15, -0.1) is 0 Å². The predicted octanol–water partition coefficient (Wildman–Crippen LogP) is 3.82. The van der Waals surface area contributed by atoms with Gasteiger partial charge >= 0.3 is 5.97 Å². The Labute approximate surface area is 154 Å². The van der Waals surface area contributed by atoms with Gasteiger partial charge in [-0.25, -0.2) is 0 Å².